The average molecular weight is 717 g/mol. The molecule has 266 valence electrons. The highest BCUT2D eigenvalue weighted by molar-refractivity contribution is 7.89. The van der Waals surface area contributed by atoms with Gasteiger partial charge in [0, 0.05) is 17.7 Å². The monoisotopic (exact) mass is 716 g/mol. The van der Waals surface area contributed by atoms with Crippen molar-refractivity contribution in [1.82, 2.24) is 14.3 Å². The Morgan fingerprint density at radius 1 is 0.865 bits per heavy atom. The molecule has 6 aromatic rings. The van der Waals surface area contributed by atoms with E-state index in [1.165, 1.54) is 12.1 Å². The van der Waals surface area contributed by atoms with Crippen LogP contribution in [0, 0.1) is 6.92 Å². The number of imidazole rings is 1. The number of anilines is 1. The van der Waals surface area contributed by atoms with E-state index < -0.39 is 28.3 Å². The standard InChI is InChI=1S/C41H40N4O6S/c1-28-14-20-35(21-15-28)52(48,49)44-37(22-29-8-3-2-4-9-29)40(47)43-33-11-7-10-32(23-33)41-50-34(25-45-27-42-36-12-5-6-13-38(36)45)24-39(51-41)31-18-16-30(26-46)17-19-31/h2-21,23,27,34,37,39,41,44,46H,22,24-26H2,1H3,(H,43,47)/t34-,37-,39+,41+/m1/s1. The van der Waals surface area contributed by atoms with Crippen molar-refractivity contribution in [1.29, 1.82) is 0 Å². The number of para-hydroxylation sites is 2. The van der Waals surface area contributed by atoms with Gasteiger partial charge in [0.15, 0.2) is 6.29 Å². The molecule has 0 saturated carbocycles. The fourth-order valence-corrected chi connectivity index (χ4v) is 7.61. The Hall–Kier alpha value is -5.17. The van der Waals surface area contributed by atoms with Crippen molar-refractivity contribution in [3.63, 3.8) is 0 Å². The van der Waals surface area contributed by atoms with Gasteiger partial charge in [-0.25, -0.2) is 13.4 Å². The molecule has 0 spiro atoms. The molecule has 7 rings (SSSR count). The number of aliphatic hydroxyl groups is 1. The third kappa shape index (κ3) is 8.31. The summed E-state index contributed by atoms with van der Waals surface area (Å²) in [6.45, 7) is 2.38. The SMILES string of the molecule is Cc1ccc(S(=O)(=O)N[C@H](Cc2ccccc2)C(=O)Nc2cccc([C@H]3O[C@@H](Cn4cnc5ccccc54)C[C@@H](c4ccc(CO)cc4)O3)c2)cc1. The molecule has 11 heteroatoms. The maximum atomic E-state index is 13.9. The van der Waals surface area contributed by atoms with E-state index in [0.29, 0.717) is 24.2 Å². The van der Waals surface area contributed by atoms with Gasteiger partial charge in [-0.15, -0.1) is 0 Å². The Bertz CT molecular complexity index is 2240. The van der Waals surface area contributed by atoms with E-state index in [4.69, 9.17) is 9.47 Å². The van der Waals surface area contributed by atoms with Crippen LogP contribution >= 0.6 is 0 Å². The maximum absolute atomic E-state index is 13.9. The lowest BCUT2D eigenvalue weighted by Crippen LogP contribution is -2.45. The Morgan fingerprint density at radius 2 is 1.62 bits per heavy atom. The summed E-state index contributed by atoms with van der Waals surface area (Å²) in [6, 6.07) is 37.5. The van der Waals surface area contributed by atoms with Crippen LogP contribution in [0.1, 0.15) is 46.6 Å². The van der Waals surface area contributed by atoms with Crippen molar-refractivity contribution in [3.8, 4) is 0 Å². The zero-order chi connectivity index (χ0) is 36.1. The lowest BCUT2D eigenvalue weighted by atomic mass is 10.00. The number of carbonyl (C=O) groups excluding carboxylic acids is 1. The number of benzene rings is 5. The third-order valence-electron chi connectivity index (χ3n) is 9.20. The number of amides is 1. The second kappa shape index (κ2) is 15.6. The van der Waals surface area contributed by atoms with E-state index in [-0.39, 0.29) is 30.1 Å². The van der Waals surface area contributed by atoms with Gasteiger partial charge in [0.1, 0.15) is 6.04 Å². The predicted molar refractivity (Wildman–Crippen MR) is 199 cm³/mol. The number of aliphatic hydroxyl groups excluding tert-OH is 1. The minimum Gasteiger partial charge on any atom is -0.392 e. The molecule has 0 aliphatic carbocycles. The molecule has 0 unspecified atom stereocenters. The fraction of sp³-hybridized carbons (Fsp3) is 0.220. The summed E-state index contributed by atoms with van der Waals surface area (Å²) in [6.07, 6.45) is 1.22. The molecule has 3 N–H and O–H groups in total. The van der Waals surface area contributed by atoms with Crippen molar-refractivity contribution in [2.45, 2.75) is 62.4 Å². The number of nitrogens with one attached hydrogen (secondary N) is 2. The molecule has 1 aromatic heterocycles. The lowest BCUT2D eigenvalue weighted by Gasteiger charge is -2.36. The highest BCUT2D eigenvalue weighted by Crippen LogP contribution is 2.39. The number of aromatic nitrogens is 2. The molecule has 2 heterocycles. The van der Waals surface area contributed by atoms with E-state index in [9.17, 15) is 18.3 Å². The summed E-state index contributed by atoms with van der Waals surface area (Å²) in [4.78, 5) is 18.5. The number of aryl methyl sites for hydroxylation is 1. The van der Waals surface area contributed by atoms with Gasteiger partial charge in [0.2, 0.25) is 15.9 Å². The zero-order valence-electron chi connectivity index (χ0n) is 28.6. The van der Waals surface area contributed by atoms with Crippen LogP contribution in [0.3, 0.4) is 0 Å². The number of carbonyl (C=O) groups is 1. The molecule has 52 heavy (non-hydrogen) atoms. The molecular weight excluding hydrogens is 677 g/mol. The topological polar surface area (TPSA) is 132 Å². The van der Waals surface area contributed by atoms with Gasteiger partial charge in [0.25, 0.3) is 0 Å². The van der Waals surface area contributed by atoms with Gasteiger partial charge < -0.3 is 24.5 Å². The first kappa shape index (κ1) is 35.2. The molecule has 1 amide bonds. The van der Waals surface area contributed by atoms with Crippen LogP contribution in [0.25, 0.3) is 11.0 Å². The highest BCUT2D eigenvalue weighted by atomic mass is 32.2. The van der Waals surface area contributed by atoms with Crippen molar-refractivity contribution in [3.05, 3.63) is 162 Å². The molecule has 1 aliphatic heterocycles. The summed E-state index contributed by atoms with van der Waals surface area (Å²) in [5, 5.41) is 12.5. The summed E-state index contributed by atoms with van der Waals surface area (Å²) in [7, 11) is -4.01. The largest absolute Gasteiger partial charge is 0.392 e. The van der Waals surface area contributed by atoms with Crippen LogP contribution in [-0.2, 0) is 43.9 Å². The Kier molecular flexibility index (Phi) is 10.6. The Labute approximate surface area is 303 Å². The summed E-state index contributed by atoms with van der Waals surface area (Å²) < 4.78 is 44.7. The summed E-state index contributed by atoms with van der Waals surface area (Å²) in [5.74, 6) is -0.506. The molecule has 10 nitrogen and oxygen atoms in total. The van der Waals surface area contributed by atoms with Crippen molar-refractivity contribution >= 4 is 32.7 Å². The number of rotatable bonds is 12. The quantitative estimate of drug-likeness (QED) is 0.130. The molecule has 4 atom stereocenters. The first-order valence-electron chi connectivity index (χ1n) is 17.2. The molecule has 5 aromatic carbocycles. The van der Waals surface area contributed by atoms with Crippen LogP contribution in [0.4, 0.5) is 5.69 Å². The molecule has 1 aliphatic rings. The first-order valence-corrected chi connectivity index (χ1v) is 18.7. The number of sulfonamides is 1. The number of nitrogens with zero attached hydrogens (tertiary/aromatic N) is 2. The zero-order valence-corrected chi connectivity index (χ0v) is 29.4. The molecule has 0 radical (unpaired) electrons. The second-order valence-corrected chi connectivity index (χ2v) is 14.7. The van der Waals surface area contributed by atoms with E-state index in [1.807, 2.05) is 98.2 Å². The van der Waals surface area contributed by atoms with Gasteiger partial charge in [0.05, 0.1) is 47.6 Å². The second-order valence-electron chi connectivity index (χ2n) is 13.0. The van der Waals surface area contributed by atoms with Crippen LogP contribution in [0.2, 0.25) is 0 Å². The number of hydrogen-bond donors (Lipinski definition) is 3. The predicted octanol–water partition coefficient (Wildman–Crippen LogP) is 6.61. The van der Waals surface area contributed by atoms with Gasteiger partial charge in [-0.2, -0.15) is 4.72 Å². The Morgan fingerprint density at radius 3 is 2.38 bits per heavy atom. The summed E-state index contributed by atoms with van der Waals surface area (Å²) in [5.41, 5.74) is 6.56. The number of hydrogen-bond acceptors (Lipinski definition) is 7. The van der Waals surface area contributed by atoms with E-state index >= 15 is 0 Å². The van der Waals surface area contributed by atoms with Gasteiger partial charge in [-0.1, -0.05) is 96.6 Å². The normalized spacial score (nSPS) is 18.2. The number of fused-ring (bicyclic) bond motifs is 1. The number of ether oxygens (including phenoxy) is 2. The molecule has 1 saturated heterocycles. The smallest absolute Gasteiger partial charge is 0.242 e. The van der Waals surface area contributed by atoms with Crippen molar-refractivity contribution in [2.24, 2.45) is 0 Å². The first-order chi connectivity index (χ1) is 25.2. The van der Waals surface area contributed by atoms with E-state index in [1.54, 1.807) is 30.3 Å². The molecular formula is C41H40N4O6S. The fourth-order valence-electron chi connectivity index (χ4n) is 6.41. The van der Waals surface area contributed by atoms with E-state index in [2.05, 4.69) is 19.6 Å². The van der Waals surface area contributed by atoms with Crippen LogP contribution < -0.4 is 10.0 Å². The van der Waals surface area contributed by atoms with Crippen LogP contribution in [0.5, 0.6) is 0 Å². The van der Waals surface area contributed by atoms with Crippen LogP contribution in [-0.4, -0.2) is 41.1 Å². The maximum Gasteiger partial charge on any atom is 0.242 e. The minimum atomic E-state index is -4.01. The van der Waals surface area contributed by atoms with E-state index in [0.717, 1.165) is 33.3 Å². The van der Waals surface area contributed by atoms with Crippen molar-refractivity contribution < 1.29 is 27.8 Å². The lowest BCUT2D eigenvalue weighted by molar-refractivity contribution is -0.252. The summed E-state index contributed by atoms with van der Waals surface area (Å²) >= 11 is 0. The molecule has 0 bridgehead atoms. The molecule has 1 fully saturated rings. The highest BCUT2D eigenvalue weighted by Gasteiger charge is 2.33. The van der Waals surface area contributed by atoms with Crippen molar-refractivity contribution in [2.75, 3.05) is 5.32 Å². The van der Waals surface area contributed by atoms with Gasteiger partial charge in [-0.05, 0) is 66.4 Å². The minimum absolute atomic E-state index is 0.0496. The average Bonchev–Trinajstić information content (AvgIpc) is 3.57. The Balaban J connectivity index is 1.13. The third-order valence-corrected chi connectivity index (χ3v) is 10.7. The van der Waals surface area contributed by atoms with Gasteiger partial charge >= 0.3 is 0 Å². The van der Waals surface area contributed by atoms with Gasteiger partial charge in [-0.3, -0.25) is 4.79 Å². The van der Waals surface area contributed by atoms with Crippen LogP contribution in [0.15, 0.2) is 139 Å².